The van der Waals surface area contributed by atoms with Crippen molar-refractivity contribution in [2.75, 3.05) is 32.8 Å². The number of carbonyl (C=O) groups excluding carboxylic acids is 1. The molecule has 1 aliphatic heterocycles. The molecule has 27 heavy (non-hydrogen) atoms. The first-order valence-electron chi connectivity index (χ1n) is 9.53. The second kappa shape index (κ2) is 9.49. The van der Waals surface area contributed by atoms with Crippen LogP contribution in [0.4, 0.5) is 0 Å². The lowest BCUT2D eigenvalue weighted by Crippen LogP contribution is -2.44. The Hall–Kier alpha value is -2.43. The summed E-state index contributed by atoms with van der Waals surface area (Å²) in [5.74, 6) is -0.0234. The number of nitrogens with one attached hydrogen (secondary N) is 1. The molecule has 4 heteroatoms. The van der Waals surface area contributed by atoms with Crippen LogP contribution >= 0.6 is 0 Å². The van der Waals surface area contributed by atoms with Crippen LogP contribution in [0.25, 0.3) is 6.08 Å². The van der Waals surface area contributed by atoms with E-state index in [0.717, 1.165) is 31.9 Å². The van der Waals surface area contributed by atoms with Crippen molar-refractivity contribution < 1.29 is 9.53 Å². The zero-order chi connectivity index (χ0) is 19.1. The summed E-state index contributed by atoms with van der Waals surface area (Å²) in [4.78, 5) is 15.0. The molecule has 2 aromatic carbocycles. The van der Waals surface area contributed by atoms with Gasteiger partial charge < -0.3 is 10.1 Å². The predicted molar refractivity (Wildman–Crippen MR) is 109 cm³/mol. The van der Waals surface area contributed by atoms with Crippen LogP contribution < -0.4 is 5.32 Å². The molecule has 1 N–H and O–H groups in total. The van der Waals surface area contributed by atoms with Crippen LogP contribution in [0, 0.1) is 6.92 Å². The molecular weight excluding hydrogens is 336 g/mol. The van der Waals surface area contributed by atoms with Crippen molar-refractivity contribution in [1.29, 1.82) is 0 Å². The normalized spacial score (nSPS) is 16.7. The van der Waals surface area contributed by atoms with Crippen LogP contribution in [0.1, 0.15) is 29.7 Å². The quantitative estimate of drug-likeness (QED) is 0.797. The lowest BCUT2D eigenvalue weighted by Gasteiger charge is -2.35. The van der Waals surface area contributed by atoms with Crippen molar-refractivity contribution >= 4 is 12.0 Å². The summed E-state index contributed by atoms with van der Waals surface area (Å²) in [6.45, 7) is 7.79. The summed E-state index contributed by atoms with van der Waals surface area (Å²) >= 11 is 0. The van der Waals surface area contributed by atoms with Crippen LogP contribution in [0.5, 0.6) is 0 Å². The number of carbonyl (C=O) groups is 1. The molecule has 1 atom stereocenters. The molecule has 4 nitrogen and oxygen atoms in total. The Balaban J connectivity index is 1.70. The van der Waals surface area contributed by atoms with E-state index in [9.17, 15) is 4.79 Å². The highest BCUT2D eigenvalue weighted by Gasteiger charge is 2.23. The largest absolute Gasteiger partial charge is 0.379 e. The Kier molecular flexibility index (Phi) is 6.80. The van der Waals surface area contributed by atoms with Gasteiger partial charge in [0.15, 0.2) is 0 Å². The van der Waals surface area contributed by atoms with Gasteiger partial charge in [0, 0.05) is 25.2 Å². The summed E-state index contributed by atoms with van der Waals surface area (Å²) in [5, 5.41) is 3.13. The lowest BCUT2D eigenvalue weighted by molar-refractivity contribution is -0.117. The minimum absolute atomic E-state index is 0.0234. The third-order valence-electron chi connectivity index (χ3n) is 4.91. The van der Waals surface area contributed by atoms with Gasteiger partial charge in [0.2, 0.25) is 5.91 Å². The second-order valence-corrected chi connectivity index (χ2v) is 7.03. The number of hydrogen-bond acceptors (Lipinski definition) is 3. The van der Waals surface area contributed by atoms with E-state index >= 15 is 0 Å². The van der Waals surface area contributed by atoms with E-state index in [2.05, 4.69) is 41.4 Å². The first-order chi connectivity index (χ1) is 13.1. The fraction of sp³-hybridized carbons (Fsp3) is 0.348. The molecule has 142 valence electrons. The third kappa shape index (κ3) is 5.52. The molecule has 0 bridgehead atoms. The summed E-state index contributed by atoms with van der Waals surface area (Å²) in [7, 11) is 0. The summed E-state index contributed by atoms with van der Waals surface area (Å²) in [6.07, 6.45) is 1.92. The molecule has 1 saturated heterocycles. The van der Waals surface area contributed by atoms with E-state index in [0.29, 0.717) is 12.1 Å². The van der Waals surface area contributed by atoms with Gasteiger partial charge in [0.05, 0.1) is 19.3 Å². The Morgan fingerprint density at radius 2 is 1.89 bits per heavy atom. The molecule has 3 rings (SSSR count). The molecule has 2 aromatic rings. The highest BCUT2D eigenvalue weighted by Crippen LogP contribution is 2.22. The Bertz CT molecular complexity index is 780. The summed E-state index contributed by atoms with van der Waals surface area (Å²) in [5.41, 5.74) is 4.22. The van der Waals surface area contributed by atoms with Gasteiger partial charge in [-0.15, -0.1) is 0 Å². The molecule has 0 aromatic heterocycles. The van der Waals surface area contributed by atoms with E-state index in [1.807, 2.05) is 43.3 Å². The van der Waals surface area contributed by atoms with Crippen LogP contribution in [0.15, 0.2) is 60.2 Å². The van der Waals surface area contributed by atoms with Gasteiger partial charge in [-0.3, -0.25) is 9.69 Å². The fourth-order valence-electron chi connectivity index (χ4n) is 3.42. The first-order valence-corrected chi connectivity index (χ1v) is 9.53. The zero-order valence-electron chi connectivity index (χ0n) is 16.2. The van der Waals surface area contributed by atoms with Crippen molar-refractivity contribution in [3.05, 3.63) is 76.9 Å². The number of amides is 1. The van der Waals surface area contributed by atoms with Gasteiger partial charge in [-0.25, -0.2) is 0 Å². The Morgan fingerprint density at radius 3 is 2.59 bits per heavy atom. The van der Waals surface area contributed by atoms with E-state index in [-0.39, 0.29) is 11.9 Å². The third-order valence-corrected chi connectivity index (χ3v) is 4.91. The SMILES string of the molecule is C/C(=C\c1ccccc1)C(=O)NCC(c1cccc(C)c1)N1CCOCC1. The molecule has 0 saturated carbocycles. The van der Waals surface area contributed by atoms with Crippen molar-refractivity contribution in [3.63, 3.8) is 0 Å². The average Bonchev–Trinajstić information content (AvgIpc) is 2.69. The maximum Gasteiger partial charge on any atom is 0.247 e. The fourth-order valence-corrected chi connectivity index (χ4v) is 3.42. The molecule has 1 amide bonds. The van der Waals surface area contributed by atoms with Gasteiger partial charge in [0.25, 0.3) is 0 Å². The first kappa shape index (κ1) is 19.3. The van der Waals surface area contributed by atoms with Gasteiger partial charge >= 0.3 is 0 Å². The molecule has 0 radical (unpaired) electrons. The molecule has 1 aliphatic rings. The van der Waals surface area contributed by atoms with Gasteiger partial charge in [-0.2, -0.15) is 0 Å². The van der Waals surface area contributed by atoms with Gasteiger partial charge in [0.1, 0.15) is 0 Å². The topological polar surface area (TPSA) is 41.6 Å². The molecule has 1 heterocycles. The predicted octanol–water partition coefficient (Wildman–Crippen LogP) is 3.59. The van der Waals surface area contributed by atoms with Crippen LogP contribution in [0.3, 0.4) is 0 Å². The highest BCUT2D eigenvalue weighted by molar-refractivity contribution is 5.97. The van der Waals surface area contributed by atoms with Gasteiger partial charge in [-0.05, 0) is 31.1 Å². The minimum atomic E-state index is -0.0234. The molecule has 1 unspecified atom stereocenters. The smallest absolute Gasteiger partial charge is 0.247 e. The second-order valence-electron chi connectivity index (χ2n) is 7.03. The van der Waals surface area contributed by atoms with Crippen molar-refractivity contribution in [2.45, 2.75) is 19.9 Å². The number of hydrogen-bond donors (Lipinski definition) is 1. The van der Waals surface area contributed by atoms with Crippen LogP contribution in [0.2, 0.25) is 0 Å². The van der Waals surface area contributed by atoms with Crippen LogP contribution in [-0.2, 0) is 9.53 Å². The van der Waals surface area contributed by atoms with E-state index < -0.39 is 0 Å². The molecule has 0 spiro atoms. The van der Waals surface area contributed by atoms with Gasteiger partial charge in [-0.1, -0.05) is 60.2 Å². The molecule has 0 aliphatic carbocycles. The maximum atomic E-state index is 12.6. The number of nitrogens with zero attached hydrogens (tertiary/aromatic N) is 1. The summed E-state index contributed by atoms with van der Waals surface area (Å²) in [6, 6.07) is 18.6. The molecule has 1 fully saturated rings. The van der Waals surface area contributed by atoms with E-state index in [1.165, 1.54) is 11.1 Å². The number of ether oxygens (including phenoxy) is 1. The number of morpholine rings is 1. The number of rotatable bonds is 6. The van der Waals surface area contributed by atoms with Crippen molar-refractivity contribution in [1.82, 2.24) is 10.2 Å². The Morgan fingerprint density at radius 1 is 1.15 bits per heavy atom. The standard InChI is InChI=1S/C23H28N2O2/c1-18-7-6-10-21(15-18)22(25-11-13-27-14-12-25)17-24-23(26)19(2)16-20-8-4-3-5-9-20/h3-10,15-16,22H,11-14,17H2,1-2H3,(H,24,26)/b19-16+. The lowest BCUT2D eigenvalue weighted by atomic mass is 10.0. The van der Waals surface area contributed by atoms with Crippen LogP contribution in [-0.4, -0.2) is 43.7 Å². The molecular formula is C23H28N2O2. The highest BCUT2D eigenvalue weighted by atomic mass is 16.5. The summed E-state index contributed by atoms with van der Waals surface area (Å²) < 4.78 is 5.50. The monoisotopic (exact) mass is 364 g/mol. The zero-order valence-corrected chi connectivity index (χ0v) is 16.2. The van der Waals surface area contributed by atoms with E-state index in [1.54, 1.807) is 0 Å². The Labute approximate surface area is 161 Å². The minimum Gasteiger partial charge on any atom is -0.379 e. The number of benzene rings is 2. The average molecular weight is 364 g/mol. The number of aryl methyl sites for hydroxylation is 1. The van der Waals surface area contributed by atoms with E-state index in [4.69, 9.17) is 4.74 Å². The van der Waals surface area contributed by atoms with Crippen molar-refractivity contribution in [2.24, 2.45) is 0 Å². The van der Waals surface area contributed by atoms with Crippen molar-refractivity contribution in [3.8, 4) is 0 Å². The maximum absolute atomic E-state index is 12.6.